The Morgan fingerprint density at radius 3 is 2.24 bits per heavy atom. The first kappa shape index (κ1) is 31.5. The third-order valence-electron chi connectivity index (χ3n) is 6.59. The van der Waals surface area contributed by atoms with E-state index in [0.29, 0.717) is 12.3 Å². The van der Waals surface area contributed by atoms with E-state index in [-0.39, 0.29) is 30.3 Å². The molecule has 0 aliphatic carbocycles. The van der Waals surface area contributed by atoms with E-state index in [1.54, 1.807) is 12.1 Å². The van der Waals surface area contributed by atoms with Gasteiger partial charge in [-0.2, -0.15) is 0 Å². The number of sulfonamides is 1. The predicted octanol–water partition coefficient (Wildman–Crippen LogP) is 3.94. The van der Waals surface area contributed by atoms with Crippen molar-refractivity contribution in [2.75, 3.05) is 37.9 Å². The minimum absolute atomic E-state index is 0.115. The number of hydrogen-bond donors (Lipinski definition) is 1. The highest BCUT2D eigenvalue weighted by Gasteiger charge is 2.33. The van der Waals surface area contributed by atoms with Crippen molar-refractivity contribution < 1.29 is 27.5 Å². The number of carbonyl (C=O) groups is 2. The molecular formula is C31H39N3O6S. The highest BCUT2D eigenvalue weighted by molar-refractivity contribution is 7.92. The molecule has 2 amide bonds. The lowest BCUT2D eigenvalue weighted by Crippen LogP contribution is -2.53. The van der Waals surface area contributed by atoms with Crippen LogP contribution in [0.15, 0.2) is 72.8 Å². The zero-order chi connectivity index (χ0) is 30.0. The maximum absolute atomic E-state index is 14.2. The first-order valence-corrected chi connectivity index (χ1v) is 15.3. The van der Waals surface area contributed by atoms with Gasteiger partial charge in [0.1, 0.15) is 24.1 Å². The van der Waals surface area contributed by atoms with E-state index in [0.717, 1.165) is 33.7 Å². The van der Waals surface area contributed by atoms with Crippen LogP contribution >= 0.6 is 0 Å². The van der Waals surface area contributed by atoms with Gasteiger partial charge in [0.2, 0.25) is 21.8 Å². The molecule has 220 valence electrons. The van der Waals surface area contributed by atoms with E-state index >= 15 is 0 Å². The van der Waals surface area contributed by atoms with Crippen LogP contribution in [-0.2, 0) is 32.6 Å². The van der Waals surface area contributed by atoms with Crippen LogP contribution in [-0.4, -0.2) is 64.7 Å². The summed E-state index contributed by atoms with van der Waals surface area (Å²) in [7, 11) is -1.06. The fourth-order valence-electron chi connectivity index (χ4n) is 4.51. The van der Waals surface area contributed by atoms with Crippen molar-refractivity contribution in [3.05, 3.63) is 89.5 Å². The second-order valence-electron chi connectivity index (χ2n) is 9.81. The molecule has 0 bridgehead atoms. The van der Waals surface area contributed by atoms with Crippen molar-refractivity contribution in [2.45, 2.75) is 39.3 Å². The van der Waals surface area contributed by atoms with Crippen molar-refractivity contribution in [1.82, 2.24) is 10.2 Å². The molecule has 0 unspecified atom stereocenters. The molecule has 0 aliphatic rings. The summed E-state index contributed by atoms with van der Waals surface area (Å²) in [5, 5.41) is 2.93. The molecule has 1 atom stereocenters. The highest BCUT2D eigenvalue weighted by Crippen LogP contribution is 2.34. The fraction of sp³-hybridized carbons (Fsp3) is 0.355. The molecule has 0 heterocycles. The average molecular weight is 582 g/mol. The van der Waals surface area contributed by atoms with E-state index in [1.165, 1.54) is 25.2 Å². The van der Waals surface area contributed by atoms with Gasteiger partial charge in [-0.25, -0.2) is 8.42 Å². The van der Waals surface area contributed by atoms with Gasteiger partial charge in [-0.1, -0.05) is 67.1 Å². The van der Waals surface area contributed by atoms with Crippen LogP contribution in [0.25, 0.3) is 0 Å². The number of methoxy groups -OCH3 is 2. The second-order valence-corrected chi connectivity index (χ2v) is 11.7. The largest absolute Gasteiger partial charge is 0.497 e. The third-order valence-corrected chi connectivity index (χ3v) is 7.72. The number of nitrogens with zero attached hydrogens (tertiary/aromatic N) is 2. The van der Waals surface area contributed by atoms with Gasteiger partial charge in [-0.3, -0.25) is 13.9 Å². The van der Waals surface area contributed by atoms with Crippen LogP contribution < -0.4 is 19.1 Å². The lowest BCUT2D eigenvalue weighted by molar-refractivity contribution is -0.140. The molecule has 1 N–H and O–H groups in total. The van der Waals surface area contributed by atoms with Gasteiger partial charge < -0.3 is 19.7 Å². The molecule has 0 aromatic heterocycles. The lowest BCUT2D eigenvalue weighted by Gasteiger charge is -2.34. The van der Waals surface area contributed by atoms with Crippen LogP contribution in [0.2, 0.25) is 0 Å². The Morgan fingerprint density at radius 1 is 0.927 bits per heavy atom. The van der Waals surface area contributed by atoms with Gasteiger partial charge in [0.25, 0.3) is 0 Å². The monoisotopic (exact) mass is 581 g/mol. The van der Waals surface area contributed by atoms with Crippen molar-refractivity contribution in [3.63, 3.8) is 0 Å². The second kappa shape index (κ2) is 14.5. The molecule has 3 aromatic rings. The molecule has 0 radical (unpaired) electrons. The minimum atomic E-state index is -3.95. The smallest absolute Gasteiger partial charge is 0.244 e. The average Bonchev–Trinajstić information content (AvgIpc) is 2.96. The SMILES string of the molecule is CCCNC(=O)[C@H](Cc1ccccc1)N(Cc1cccc(C)c1)C(=O)CN(c1cc(OC)ccc1OC)S(C)(=O)=O. The molecular weight excluding hydrogens is 542 g/mol. The number of hydrogen-bond acceptors (Lipinski definition) is 6. The zero-order valence-corrected chi connectivity index (χ0v) is 25.1. The van der Waals surface area contributed by atoms with Crippen LogP contribution in [0.5, 0.6) is 11.5 Å². The maximum Gasteiger partial charge on any atom is 0.244 e. The van der Waals surface area contributed by atoms with Crippen molar-refractivity contribution >= 4 is 27.5 Å². The molecule has 9 nitrogen and oxygen atoms in total. The van der Waals surface area contributed by atoms with Crippen molar-refractivity contribution in [1.29, 1.82) is 0 Å². The summed E-state index contributed by atoms with van der Waals surface area (Å²) in [6.07, 6.45) is 2.02. The standard InChI is InChI=1S/C31H39N3O6S/c1-6-17-32-31(36)28(19-24-12-8-7-9-13-24)33(21-25-14-10-11-23(2)18-25)30(35)22-34(41(5,37)38)27-20-26(39-3)15-16-29(27)40-4/h7-16,18,20,28H,6,17,19,21-22H2,1-5H3,(H,32,36)/t28-/m0/s1. The summed E-state index contributed by atoms with van der Waals surface area (Å²) >= 11 is 0. The van der Waals surface area contributed by atoms with E-state index < -0.39 is 28.5 Å². The first-order valence-electron chi connectivity index (χ1n) is 13.4. The quantitative estimate of drug-likeness (QED) is 0.309. The maximum atomic E-state index is 14.2. The van der Waals surface area contributed by atoms with Gasteiger partial charge >= 0.3 is 0 Å². The van der Waals surface area contributed by atoms with Gasteiger partial charge in [-0.05, 0) is 36.6 Å². The van der Waals surface area contributed by atoms with Gasteiger partial charge in [0.05, 0.1) is 26.2 Å². The van der Waals surface area contributed by atoms with Crippen LogP contribution in [0, 0.1) is 6.92 Å². The van der Waals surface area contributed by atoms with E-state index in [2.05, 4.69) is 5.32 Å². The minimum Gasteiger partial charge on any atom is -0.497 e. The fourth-order valence-corrected chi connectivity index (χ4v) is 5.36. The van der Waals surface area contributed by atoms with Crippen LogP contribution in [0.4, 0.5) is 5.69 Å². The third kappa shape index (κ3) is 8.72. The normalized spacial score (nSPS) is 11.8. The number of carbonyl (C=O) groups excluding carboxylic acids is 2. The number of rotatable bonds is 14. The Balaban J connectivity index is 2.10. The highest BCUT2D eigenvalue weighted by atomic mass is 32.2. The number of nitrogens with one attached hydrogen (secondary N) is 1. The molecule has 0 fully saturated rings. The van der Waals surface area contributed by atoms with E-state index in [1.807, 2.05) is 68.4 Å². The summed E-state index contributed by atoms with van der Waals surface area (Å²) in [5.41, 5.74) is 2.86. The Bertz CT molecular complexity index is 1430. The Kier molecular flexibility index (Phi) is 11.2. The summed E-state index contributed by atoms with van der Waals surface area (Å²) in [4.78, 5) is 29.2. The Hall–Kier alpha value is -4.05. The predicted molar refractivity (Wildman–Crippen MR) is 161 cm³/mol. The molecule has 10 heteroatoms. The Morgan fingerprint density at radius 2 is 1.63 bits per heavy atom. The van der Waals surface area contributed by atoms with E-state index in [4.69, 9.17) is 9.47 Å². The number of benzene rings is 3. The molecule has 3 rings (SSSR count). The molecule has 3 aromatic carbocycles. The van der Waals surface area contributed by atoms with Gasteiger partial charge in [-0.15, -0.1) is 0 Å². The van der Waals surface area contributed by atoms with Crippen molar-refractivity contribution in [2.24, 2.45) is 0 Å². The summed E-state index contributed by atoms with van der Waals surface area (Å²) in [6, 6.07) is 21.0. The number of ether oxygens (including phenoxy) is 2. The summed E-state index contributed by atoms with van der Waals surface area (Å²) < 4.78 is 37.9. The topological polar surface area (TPSA) is 105 Å². The number of anilines is 1. The summed E-state index contributed by atoms with van der Waals surface area (Å²) in [5.74, 6) is -0.175. The van der Waals surface area contributed by atoms with Crippen LogP contribution in [0.3, 0.4) is 0 Å². The number of aryl methyl sites for hydroxylation is 1. The van der Waals surface area contributed by atoms with E-state index in [9.17, 15) is 18.0 Å². The zero-order valence-electron chi connectivity index (χ0n) is 24.3. The van der Waals surface area contributed by atoms with Gasteiger partial charge in [0.15, 0.2) is 0 Å². The lowest BCUT2D eigenvalue weighted by atomic mass is 10.0. The molecule has 0 spiro atoms. The summed E-state index contributed by atoms with van der Waals surface area (Å²) in [6.45, 7) is 3.93. The number of amides is 2. The van der Waals surface area contributed by atoms with Crippen LogP contribution in [0.1, 0.15) is 30.0 Å². The molecule has 0 aliphatic heterocycles. The first-order chi connectivity index (χ1) is 19.6. The molecule has 41 heavy (non-hydrogen) atoms. The van der Waals surface area contributed by atoms with Crippen molar-refractivity contribution in [3.8, 4) is 11.5 Å². The molecule has 0 saturated heterocycles. The molecule has 0 saturated carbocycles. The van der Waals surface area contributed by atoms with Gasteiger partial charge in [0, 0.05) is 25.6 Å². The Labute approximate surface area is 243 Å².